The van der Waals surface area contributed by atoms with Gasteiger partial charge in [0.1, 0.15) is 11.6 Å². The highest BCUT2D eigenvalue weighted by Crippen LogP contribution is 2.31. The van der Waals surface area contributed by atoms with E-state index in [0.29, 0.717) is 27.2 Å². The highest BCUT2D eigenvalue weighted by Gasteiger charge is 2.16. The second-order valence-electron chi connectivity index (χ2n) is 5.46. The Morgan fingerprint density at radius 3 is 2.70 bits per heavy atom. The van der Waals surface area contributed by atoms with Gasteiger partial charge in [-0.3, -0.25) is 10.1 Å². The summed E-state index contributed by atoms with van der Waals surface area (Å²) in [4.78, 5) is 16.7. The van der Waals surface area contributed by atoms with Crippen LogP contribution in [0.3, 0.4) is 0 Å². The zero-order valence-corrected chi connectivity index (χ0v) is 17.8. The minimum atomic E-state index is -0.495. The third kappa shape index (κ3) is 4.87. The molecule has 0 radical (unpaired) electrons. The molecule has 0 spiro atoms. The average molecular weight is 485 g/mol. The first-order valence-corrected chi connectivity index (χ1v) is 9.60. The molecular weight excluding hydrogens is 473 g/mol. The van der Waals surface area contributed by atoms with Crippen molar-refractivity contribution in [2.75, 3.05) is 5.32 Å². The summed E-state index contributed by atoms with van der Waals surface area (Å²) < 4.78 is 6.47. The van der Waals surface area contributed by atoms with E-state index < -0.39 is 5.91 Å². The van der Waals surface area contributed by atoms with Crippen LogP contribution in [0.2, 0.25) is 10.0 Å². The standard InChI is InChI=1S/C18H12BrCl2N3O2S/c1-9-12(19)3-7-16(22-9)23-18(27)24-17(25)15-6-5-14(26-15)11-8-10(20)2-4-13(11)21/h2-8H,1H3,(H2,22,23,24,25,27). The first kappa shape index (κ1) is 19.8. The lowest BCUT2D eigenvalue weighted by Crippen LogP contribution is -2.34. The van der Waals surface area contributed by atoms with Crippen LogP contribution in [0.15, 0.2) is 51.4 Å². The Hall–Kier alpha value is -1.93. The fourth-order valence-corrected chi connectivity index (χ4v) is 3.02. The number of carbonyl (C=O) groups is 1. The largest absolute Gasteiger partial charge is 0.451 e. The number of hydrogen-bond acceptors (Lipinski definition) is 4. The van der Waals surface area contributed by atoms with Crippen molar-refractivity contribution < 1.29 is 9.21 Å². The van der Waals surface area contributed by atoms with Gasteiger partial charge in [0.2, 0.25) is 0 Å². The van der Waals surface area contributed by atoms with E-state index in [4.69, 9.17) is 39.8 Å². The Balaban J connectivity index is 1.69. The van der Waals surface area contributed by atoms with Crippen molar-refractivity contribution in [3.8, 4) is 11.3 Å². The number of rotatable bonds is 3. The van der Waals surface area contributed by atoms with Gasteiger partial charge in [-0.2, -0.15) is 0 Å². The molecule has 1 aromatic carbocycles. The maximum Gasteiger partial charge on any atom is 0.293 e. The van der Waals surface area contributed by atoms with Crippen molar-refractivity contribution in [3.05, 3.63) is 68.4 Å². The SMILES string of the molecule is Cc1nc(NC(=S)NC(=O)c2ccc(-c3cc(Cl)ccc3Cl)o2)ccc1Br. The van der Waals surface area contributed by atoms with Gasteiger partial charge in [0.05, 0.1) is 10.7 Å². The molecule has 0 aliphatic heterocycles. The Bertz CT molecular complexity index is 1040. The number of amides is 1. The number of hydrogen-bond donors (Lipinski definition) is 2. The Kier molecular flexibility index (Phi) is 6.16. The van der Waals surface area contributed by atoms with Gasteiger partial charge in [0.15, 0.2) is 10.9 Å². The highest BCUT2D eigenvalue weighted by atomic mass is 79.9. The molecule has 5 nitrogen and oxygen atoms in total. The molecule has 0 atom stereocenters. The molecule has 0 aliphatic rings. The van der Waals surface area contributed by atoms with Crippen LogP contribution in [0.25, 0.3) is 11.3 Å². The summed E-state index contributed by atoms with van der Waals surface area (Å²) in [5.41, 5.74) is 1.39. The molecule has 0 bridgehead atoms. The van der Waals surface area contributed by atoms with E-state index in [1.807, 2.05) is 13.0 Å². The predicted molar refractivity (Wildman–Crippen MR) is 115 cm³/mol. The minimum absolute atomic E-state index is 0.0881. The van der Waals surface area contributed by atoms with Crippen molar-refractivity contribution in [1.29, 1.82) is 0 Å². The summed E-state index contributed by atoms with van der Waals surface area (Å²) in [5.74, 6) is 0.541. The molecule has 1 amide bonds. The van der Waals surface area contributed by atoms with Gasteiger partial charge in [-0.15, -0.1) is 0 Å². The predicted octanol–water partition coefficient (Wildman–Crippen LogP) is 5.85. The number of anilines is 1. The van der Waals surface area contributed by atoms with Gasteiger partial charge in [-0.05, 0) is 77.5 Å². The molecule has 0 aliphatic carbocycles. The number of pyridine rings is 1. The van der Waals surface area contributed by atoms with E-state index in [2.05, 4.69) is 31.5 Å². The van der Waals surface area contributed by atoms with Crippen LogP contribution >= 0.6 is 51.3 Å². The number of halogens is 3. The van der Waals surface area contributed by atoms with Crippen LogP contribution < -0.4 is 10.6 Å². The van der Waals surface area contributed by atoms with Crippen LogP contribution in [0.4, 0.5) is 5.82 Å². The second kappa shape index (κ2) is 8.39. The summed E-state index contributed by atoms with van der Waals surface area (Å²) >= 11 is 20.7. The van der Waals surface area contributed by atoms with Gasteiger partial charge in [0.25, 0.3) is 5.91 Å². The number of carbonyl (C=O) groups excluding carboxylic acids is 1. The number of furan rings is 1. The normalized spacial score (nSPS) is 10.5. The third-order valence-electron chi connectivity index (χ3n) is 3.51. The molecule has 2 N–H and O–H groups in total. The maximum atomic E-state index is 12.3. The van der Waals surface area contributed by atoms with Crippen LogP contribution in [-0.2, 0) is 0 Å². The molecular formula is C18H12BrCl2N3O2S. The van der Waals surface area contributed by atoms with Crippen LogP contribution in [0.1, 0.15) is 16.2 Å². The fourth-order valence-electron chi connectivity index (χ4n) is 2.22. The third-order valence-corrected chi connectivity index (χ3v) is 5.12. The molecule has 2 aromatic heterocycles. The average Bonchev–Trinajstić information content (AvgIpc) is 3.10. The van der Waals surface area contributed by atoms with Gasteiger partial charge in [-0.1, -0.05) is 23.2 Å². The first-order valence-electron chi connectivity index (χ1n) is 7.64. The molecule has 0 saturated heterocycles. The summed E-state index contributed by atoms with van der Waals surface area (Å²) in [5, 5.41) is 6.48. The molecule has 138 valence electrons. The van der Waals surface area contributed by atoms with Crippen molar-refractivity contribution in [2.45, 2.75) is 6.92 Å². The number of aromatic nitrogens is 1. The first-order chi connectivity index (χ1) is 12.8. The van der Waals surface area contributed by atoms with Crippen molar-refractivity contribution in [1.82, 2.24) is 10.3 Å². The van der Waals surface area contributed by atoms with E-state index >= 15 is 0 Å². The van der Waals surface area contributed by atoms with Crippen molar-refractivity contribution >= 4 is 68.2 Å². The monoisotopic (exact) mass is 483 g/mol. The summed E-state index contributed by atoms with van der Waals surface area (Å²) in [7, 11) is 0. The van der Waals surface area contributed by atoms with Crippen LogP contribution in [0.5, 0.6) is 0 Å². The van der Waals surface area contributed by atoms with Crippen LogP contribution in [0, 0.1) is 6.92 Å². The zero-order chi connectivity index (χ0) is 19.6. The summed E-state index contributed by atoms with van der Waals surface area (Å²) in [6.07, 6.45) is 0. The quantitative estimate of drug-likeness (QED) is 0.456. The minimum Gasteiger partial charge on any atom is -0.451 e. The van der Waals surface area contributed by atoms with Crippen molar-refractivity contribution in [3.63, 3.8) is 0 Å². The van der Waals surface area contributed by atoms with E-state index in [1.165, 1.54) is 6.07 Å². The van der Waals surface area contributed by atoms with Gasteiger partial charge >= 0.3 is 0 Å². The lowest BCUT2D eigenvalue weighted by Gasteiger charge is -2.09. The molecule has 2 heterocycles. The molecule has 3 aromatic rings. The number of nitrogens with zero attached hydrogens (tertiary/aromatic N) is 1. The molecule has 0 unspecified atom stereocenters. The van der Waals surface area contributed by atoms with E-state index in [9.17, 15) is 4.79 Å². The summed E-state index contributed by atoms with van der Waals surface area (Å²) in [6, 6.07) is 11.7. The van der Waals surface area contributed by atoms with Gasteiger partial charge in [0, 0.05) is 15.1 Å². The number of nitrogens with one attached hydrogen (secondary N) is 2. The molecule has 3 rings (SSSR count). The lowest BCUT2D eigenvalue weighted by atomic mass is 10.2. The molecule has 27 heavy (non-hydrogen) atoms. The van der Waals surface area contributed by atoms with E-state index in [0.717, 1.165) is 10.2 Å². The smallest absolute Gasteiger partial charge is 0.293 e. The van der Waals surface area contributed by atoms with Gasteiger partial charge in [-0.25, -0.2) is 4.98 Å². The number of aryl methyl sites for hydroxylation is 1. The lowest BCUT2D eigenvalue weighted by molar-refractivity contribution is 0.0951. The van der Waals surface area contributed by atoms with E-state index in [1.54, 1.807) is 30.3 Å². The molecule has 0 fully saturated rings. The number of benzene rings is 1. The molecule has 0 saturated carbocycles. The second-order valence-corrected chi connectivity index (χ2v) is 7.57. The fraction of sp³-hybridized carbons (Fsp3) is 0.0556. The summed E-state index contributed by atoms with van der Waals surface area (Å²) in [6.45, 7) is 1.85. The Morgan fingerprint density at radius 1 is 1.19 bits per heavy atom. The van der Waals surface area contributed by atoms with E-state index in [-0.39, 0.29) is 10.9 Å². The van der Waals surface area contributed by atoms with Crippen LogP contribution in [-0.4, -0.2) is 16.0 Å². The zero-order valence-electron chi connectivity index (χ0n) is 13.8. The number of thiocarbonyl (C=S) groups is 1. The van der Waals surface area contributed by atoms with Crippen molar-refractivity contribution in [2.24, 2.45) is 0 Å². The maximum absolute atomic E-state index is 12.3. The Labute approximate surface area is 179 Å². The molecule has 9 heteroatoms. The van der Waals surface area contributed by atoms with Gasteiger partial charge < -0.3 is 9.73 Å². The topological polar surface area (TPSA) is 67.2 Å². The Morgan fingerprint density at radius 2 is 1.96 bits per heavy atom. The highest BCUT2D eigenvalue weighted by molar-refractivity contribution is 9.10.